The van der Waals surface area contributed by atoms with Gasteiger partial charge in [0, 0.05) is 12.6 Å². The van der Waals surface area contributed by atoms with Crippen LogP contribution >= 0.6 is 0 Å². The number of ketones is 1. The normalized spacial score (nSPS) is 15.6. The Labute approximate surface area is 134 Å². The number of hydrogen-bond donors (Lipinski definition) is 0. The second-order valence-corrected chi connectivity index (χ2v) is 4.80. The summed E-state index contributed by atoms with van der Waals surface area (Å²) in [4.78, 5) is 37.3. The molecule has 0 radical (unpaired) electrons. The number of anilines is 1. The molecule has 120 valence electrons. The molecule has 1 aromatic rings. The van der Waals surface area contributed by atoms with Gasteiger partial charge in [0.1, 0.15) is 11.3 Å². The predicted molar refractivity (Wildman–Crippen MR) is 83.1 cm³/mol. The number of benzene rings is 1. The fourth-order valence-electron chi connectivity index (χ4n) is 2.12. The minimum Gasteiger partial charge on any atom is -0.462 e. The van der Waals surface area contributed by atoms with Crippen molar-refractivity contribution in [2.75, 3.05) is 11.5 Å². The summed E-state index contributed by atoms with van der Waals surface area (Å²) in [6.07, 6.45) is 1.29. The number of para-hydroxylation sites is 1. The Hall–Kier alpha value is -2.89. The zero-order chi connectivity index (χ0) is 17.0. The molecule has 0 N–H and O–H groups in total. The molecule has 1 aliphatic heterocycles. The highest BCUT2D eigenvalue weighted by atomic mass is 16.5. The molecule has 2 rings (SSSR count). The van der Waals surface area contributed by atoms with Gasteiger partial charge in [-0.1, -0.05) is 18.2 Å². The lowest BCUT2D eigenvalue weighted by Gasteiger charge is -2.16. The summed E-state index contributed by atoms with van der Waals surface area (Å²) in [5.41, 5.74) is 0.445. The third-order valence-electron chi connectivity index (χ3n) is 3.17. The lowest BCUT2D eigenvalue weighted by atomic mass is 10.1. The van der Waals surface area contributed by atoms with Crippen molar-refractivity contribution >= 4 is 23.3 Å². The summed E-state index contributed by atoms with van der Waals surface area (Å²) in [6, 6.07) is 8.81. The Bertz CT molecular complexity index is 703. The van der Waals surface area contributed by atoms with Crippen LogP contribution in [0.3, 0.4) is 0 Å². The number of carbonyl (C=O) groups excluding carboxylic acids is 3. The number of ether oxygens (including phenoxy) is 2. The van der Waals surface area contributed by atoms with Crippen molar-refractivity contribution < 1.29 is 23.9 Å². The summed E-state index contributed by atoms with van der Waals surface area (Å²) in [6.45, 7) is 4.69. The molecule has 0 atom stereocenters. The third-order valence-corrected chi connectivity index (χ3v) is 3.17. The van der Waals surface area contributed by atoms with E-state index in [9.17, 15) is 14.4 Å². The quantitative estimate of drug-likeness (QED) is 0.484. The second-order valence-electron chi connectivity index (χ2n) is 4.80. The molecule has 0 aromatic heterocycles. The van der Waals surface area contributed by atoms with E-state index in [1.54, 1.807) is 31.2 Å². The molecule has 0 spiro atoms. The number of nitrogens with zero attached hydrogens (tertiary/aromatic N) is 1. The largest absolute Gasteiger partial charge is 0.462 e. The number of Topliss-reactive ketones (excluding diaryl/α,β-unsaturated/α-hetero) is 1. The highest BCUT2D eigenvalue weighted by molar-refractivity contribution is 6.25. The van der Waals surface area contributed by atoms with E-state index >= 15 is 0 Å². The van der Waals surface area contributed by atoms with Crippen LogP contribution in [0.1, 0.15) is 20.8 Å². The highest BCUT2D eigenvalue weighted by Crippen LogP contribution is 2.27. The smallest absolute Gasteiger partial charge is 0.345 e. The molecule has 0 saturated carbocycles. The maximum Gasteiger partial charge on any atom is 0.345 e. The van der Waals surface area contributed by atoms with Gasteiger partial charge in [0.05, 0.1) is 12.8 Å². The van der Waals surface area contributed by atoms with Crippen molar-refractivity contribution in [2.45, 2.75) is 20.8 Å². The van der Waals surface area contributed by atoms with Gasteiger partial charge < -0.3 is 9.47 Å². The standard InChI is InChI=1S/C17H17NO5/c1-4-22-17(21)15-11(2)23-14(16(15)20)10-18(12(3)19)13-8-6-5-7-9-13/h5-10H,4H2,1-3H3. The zero-order valence-corrected chi connectivity index (χ0v) is 13.2. The van der Waals surface area contributed by atoms with Crippen LogP contribution < -0.4 is 4.90 Å². The van der Waals surface area contributed by atoms with Crippen molar-refractivity contribution in [3.63, 3.8) is 0 Å². The molecule has 6 heteroatoms. The summed E-state index contributed by atoms with van der Waals surface area (Å²) in [5, 5.41) is 0. The average Bonchev–Trinajstić information content (AvgIpc) is 2.79. The summed E-state index contributed by atoms with van der Waals surface area (Å²) < 4.78 is 10.2. The first-order valence-corrected chi connectivity index (χ1v) is 7.13. The zero-order valence-electron chi connectivity index (χ0n) is 13.2. The highest BCUT2D eigenvalue weighted by Gasteiger charge is 2.35. The first kappa shape index (κ1) is 16.5. The Kier molecular flexibility index (Phi) is 4.95. The van der Waals surface area contributed by atoms with E-state index < -0.39 is 11.8 Å². The number of allylic oxidation sites excluding steroid dienone is 2. The molecule has 6 nitrogen and oxygen atoms in total. The van der Waals surface area contributed by atoms with Gasteiger partial charge in [0.2, 0.25) is 11.7 Å². The first-order chi connectivity index (χ1) is 11.0. The van der Waals surface area contributed by atoms with E-state index in [1.165, 1.54) is 24.9 Å². The van der Waals surface area contributed by atoms with Crippen LogP contribution in [0.5, 0.6) is 0 Å². The van der Waals surface area contributed by atoms with E-state index in [0.29, 0.717) is 5.69 Å². The van der Waals surface area contributed by atoms with Gasteiger partial charge in [-0.05, 0) is 26.0 Å². The van der Waals surface area contributed by atoms with Crippen LogP contribution in [0, 0.1) is 0 Å². The van der Waals surface area contributed by atoms with E-state index in [0.717, 1.165) is 0 Å². The number of carbonyl (C=O) groups is 3. The Balaban J connectivity index is 2.32. The molecule has 0 saturated heterocycles. The summed E-state index contributed by atoms with van der Waals surface area (Å²) in [5.74, 6) is -1.54. The van der Waals surface area contributed by atoms with Crippen molar-refractivity contribution in [1.29, 1.82) is 0 Å². The van der Waals surface area contributed by atoms with Crippen LogP contribution in [0.15, 0.2) is 53.6 Å². The maximum atomic E-state index is 12.3. The number of esters is 1. The molecule has 1 aliphatic rings. The van der Waals surface area contributed by atoms with Crippen LogP contribution in [-0.4, -0.2) is 24.3 Å². The molecule has 1 aromatic carbocycles. The van der Waals surface area contributed by atoms with Gasteiger partial charge in [-0.2, -0.15) is 0 Å². The second kappa shape index (κ2) is 6.91. The van der Waals surface area contributed by atoms with Gasteiger partial charge in [-0.15, -0.1) is 0 Å². The number of rotatable bonds is 4. The van der Waals surface area contributed by atoms with Crippen molar-refractivity contribution in [2.24, 2.45) is 0 Å². The third kappa shape index (κ3) is 3.48. The Morgan fingerprint density at radius 1 is 1.26 bits per heavy atom. The molecule has 0 aliphatic carbocycles. The average molecular weight is 315 g/mol. The van der Waals surface area contributed by atoms with Gasteiger partial charge in [-0.25, -0.2) is 4.79 Å². The summed E-state index contributed by atoms with van der Waals surface area (Å²) in [7, 11) is 0. The predicted octanol–water partition coefficient (Wildman–Crippen LogP) is 2.32. The molecule has 1 amide bonds. The SMILES string of the molecule is CCOC(=O)C1=C(C)OC(=CN(C(C)=O)c2ccccc2)C1=O. The monoisotopic (exact) mass is 315 g/mol. The Morgan fingerprint density at radius 2 is 1.91 bits per heavy atom. The van der Waals surface area contributed by atoms with Crippen molar-refractivity contribution in [1.82, 2.24) is 0 Å². The molecule has 0 unspecified atom stereocenters. The molecule has 23 heavy (non-hydrogen) atoms. The summed E-state index contributed by atoms with van der Waals surface area (Å²) >= 11 is 0. The van der Waals surface area contributed by atoms with E-state index in [4.69, 9.17) is 9.47 Å². The minimum atomic E-state index is -0.729. The lowest BCUT2D eigenvalue weighted by Crippen LogP contribution is -2.24. The van der Waals surface area contributed by atoms with Gasteiger partial charge in [-0.3, -0.25) is 14.5 Å². The molecule has 1 heterocycles. The minimum absolute atomic E-state index is 0.0930. The van der Waals surface area contributed by atoms with Gasteiger partial charge in [0.25, 0.3) is 0 Å². The van der Waals surface area contributed by atoms with Crippen LogP contribution in [0.2, 0.25) is 0 Å². The first-order valence-electron chi connectivity index (χ1n) is 7.13. The fraction of sp³-hybridized carbons (Fsp3) is 0.235. The maximum absolute atomic E-state index is 12.3. The molecule has 0 fully saturated rings. The van der Waals surface area contributed by atoms with E-state index in [1.807, 2.05) is 6.07 Å². The number of amides is 1. The van der Waals surface area contributed by atoms with Crippen LogP contribution in [0.4, 0.5) is 5.69 Å². The van der Waals surface area contributed by atoms with Crippen molar-refractivity contribution in [3.05, 3.63) is 53.6 Å². The molecule has 0 bridgehead atoms. The Morgan fingerprint density at radius 3 is 2.48 bits per heavy atom. The van der Waals surface area contributed by atoms with Gasteiger partial charge in [0.15, 0.2) is 5.76 Å². The van der Waals surface area contributed by atoms with Crippen LogP contribution in [-0.2, 0) is 23.9 Å². The fourth-order valence-corrected chi connectivity index (χ4v) is 2.12. The number of hydrogen-bond acceptors (Lipinski definition) is 5. The van der Waals surface area contributed by atoms with Crippen LogP contribution in [0.25, 0.3) is 0 Å². The molecular weight excluding hydrogens is 298 g/mol. The topological polar surface area (TPSA) is 72.9 Å². The van der Waals surface area contributed by atoms with E-state index in [-0.39, 0.29) is 29.6 Å². The lowest BCUT2D eigenvalue weighted by molar-refractivity contribution is -0.139. The molecular formula is C17H17NO5. The van der Waals surface area contributed by atoms with Gasteiger partial charge >= 0.3 is 5.97 Å². The van der Waals surface area contributed by atoms with Crippen molar-refractivity contribution in [3.8, 4) is 0 Å². The van der Waals surface area contributed by atoms with E-state index in [2.05, 4.69) is 0 Å².